The topological polar surface area (TPSA) is 218 Å². The highest BCUT2D eigenvalue weighted by Crippen LogP contribution is 2.32. The fraction of sp³-hybridized carbons (Fsp3) is 0.409. The maximum Gasteiger partial charge on any atom is 0.307 e. The summed E-state index contributed by atoms with van der Waals surface area (Å²) in [4.78, 5) is 52.7. The zero-order chi connectivity index (χ0) is 46.3. The summed E-state index contributed by atoms with van der Waals surface area (Å²) in [6.07, 6.45) is 3.72. The summed E-state index contributed by atoms with van der Waals surface area (Å²) in [5.74, 6) is -0.677. The number of carbonyl (C=O) groups excluding carboxylic acids is 2. The number of carbonyl (C=O) groups is 2. The molecule has 4 aromatic rings. The second kappa shape index (κ2) is 27.2. The number of benzene rings is 4. The van der Waals surface area contributed by atoms with Crippen molar-refractivity contribution in [3.8, 4) is 0 Å². The monoisotopic (exact) mass is 921 g/mol. The van der Waals surface area contributed by atoms with E-state index in [4.69, 9.17) is 37.8 Å². The molecule has 18 nitrogen and oxygen atoms in total. The highest BCUT2D eigenvalue weighted by molar-refractivity contribution is 6.33. The molecule has 0 amide bonds. The van der Waals surface area contributed by atoms with Crippen LogP contribution in [-0.4, -0.2) is 97.4 Å². The average molecular weight is 923 g/mol. The number of hydrogen-bond acceptors (Lipinski definition) is 16. The molecular weight excluding hydrogens is 869 g/mol. The van der Waals surface area contributed by atoms with Gasteiger partial charge in [0.25, 0.3) is 11.4 Å². The highest BCUT2D eigenvalue weighted by Gasteiger charge is 2.15. The van der Waals surface area contributed by atoms with Crippen molar-refractivity contribution in [2.24, 2.45) is 20.5 Å². The third-order valence-electron chi connectivity index (χ3n) is 9.92. The van der Waals surface area contributed by atoms with Gasteiger partial charge in [-0.15, -0.1) is 10.2 Å². The minimum atomic E-state index is -0.534. The number of unbranched alkanes of at least 4 members (excludes halogenated alkanes) is 3. The lowest BCUT2D eigenvalue weighted by molar-refractivity contribution is -0.385. The molecule has 64 heavy (non-hydrogen) atoms. The first-order valence-corrected chi connectivity index (χ1v) is 21.7. The molecule has 0 fully saturated rings. The number of likely N-dealkylation sites (N-methyl/N-ethyl adjacent to an activating group) is 2. The molecule has 0 aromatic heterocycles. The maximum absolute atomic E-state index is 12.8. The van der Waals surface area contributed by atoms with Crippen molar-refractivity contribution in [1.82, 2.24) is 4.90 Å². The van der Waals surface area contributed by atoms with Crippen LogP contribution in [0.15, 0.2) is 105 Å². The van der Waals surface area contributed by atoms with Gasteiger partial charge in [-0.25, -0.2) is 0 Å². The Morgan fingerprint density at radius 3 is 1.39 bits per heavy atom. The molecule has 0 radical (unpaired) electrons. The largest absolute Gasteiger partial charge is 0.464 e. The SMILES string of the molecule is CCN(CCOC(=O)CCN(CCCCCCO)CCC(=O)OCCN(CC)c1ccc(N=Nc2ccc([N+](=O)[O-])cc2Cl)cc1)c1ccc(N=Nc2ccc([N+](=O)[O-])cc2Cl)cc1. The van der Waals surface area contributed by atoms with Gasteiger partial charge in [0.2, 0.25) is 0 Å². The van der Waals surface area contributed by atoms with Gasteiger partial charge in [-0.1, -0.05) is 36.0 Å². The van der Waals surface area contributed by atoms with Gasteiger partial charge in [-0.3, -0.25) is 29.8 Å². The third-order valence-corrected chi connectivity index (χ3v) is 10.5. The van der Waals surface area contributed by atoms with Gasteiger partial charge in [-0.05, 0) is 93.9 Å². The molecule has 0 spiro atoms. The first-order valence-electron chi connectivity index (χ1n) is 21.0. The fourth-order valence-electron chi connectivity index (χ4n) is 6.32. The van der Waals surface area contributed by atoms with Crippen LogP contribution in [0.1, 0.15) is 52.4 Å². The van der Waals surface area contributed by atoms with E-state index in [0.29, 0.717) is 68.6 Å². The van der Waals surface area contributed by atoms with Crippen LogP contribution in [0.4, 0.5) is 45.5 Å². The van der Waals surface area contributed by atoms with Gasteiger partial charge in [0.1, 0.15) is 24.6 Å². The van der Waals surface area contributed by atoms with E-state index in [1.165, 1.54) is 36.4 Å². The van der Waals surface area contributed by atoms with E-state index in [-0.39, 0.29) is 66.0 Å². The molecule has 0 aliphatic heterocycles. The lowest BCUT2D eigenvalue weighted by atomic mass is 10.2. The summed E-state index contributed by atoms with van der Waals surface area (Å²) >= 11 is 12.2. The molecule has 0 saturated carbocycles. The molecule has 4 rings (SSSR count). The summed E-state index contributed by atoms with van der Waals surface area (Å²) in [7, 11) is 0. The van der Waals surface area contributed by atoms with Gasteiger partial charge < -0.3 is 29.3 Å². The van der Waals surface area contributed by atoms with Crippen molar-refractivity contribution < 1.29 is 34.0 Å². The zero-order valence-corrected chi connectivity index (χ0v) is 37.4. The minimum absolute atomic E-state index is 0.121. The predicted octanol–water partition coefficient (Wildman–Crippen LogP) is 10.7. The normalized spacial score (nSPS) is 11.3. The van der Waals surface area contributed by atoms with Crippen LogP contribution >= 0.6 is 23.2 Å². The number of aliphatic hydroxyl groups excluding tert-OH is 1. The van der Waals surface area contributed by atoms with Crippen LogP contribution in [0, 0.1) is 20.2 Å². The Kier molecular flexibility index (Phi) is 21.5. The van der Waals surface area contributed by atoms with E-state index in [1.807, 2.05) is 38.1 Å². The van der Waals surface area contributed by atoms with Crippen molar-refractivity contribution in [3.63, 3.8) is 0 Å². The quantitative estimate of drug-likeness (QED) is 0.0185. The Labute approximate surface area is 381 Å². The molecule has 0 heterocycles. The average Bonchev–Trinajstić information content (AvgIpc) is 3.29. The van der Waals surface area contributed by atoms with Crippen LogP contribution in [0.3, 0.4) is 0 Å². The first-order chi connectivity index (χ1) is 30.9. The van der Waals surface area contributed by atoms with Crippen molar-refractivity contribution >= 4 is 80.6 Å². The van der Waals surface area contributed by atoms with Crippen LogP contribution in [0.5, 0.6) is 0 Å². The number of anilines is 2. The Bertz CT molecular complexity index is 2050. The molecule has 342 valence electrons. The molecule has 0 saturated heterocycles. The minimum Gasteiger partial charge on any atom is -0.464 e. The van der Waals surface area contributed by atoms with E-state index < -0.39 is 9.85 Å². The molecular formula is C44H53Cl2N9O9. The van der Waals surface area contributed by atoms with Crippen molar-refractivity contribution in [2.45, 2.75) is 52.4 Å². The van der Waals surface area contributed by atoms with Crippen LogP contribution in [0.25, 0.3) is 0 Å². The molecule has 0 aliphatic carbocycles. The third kappa shape index (κ3) is 17.2. The number of halogens is 2. The maximum atomic E-state index is 12.8. The first kappa shape index (κ1) is 50.6. The Morgan fingerprint density at radius 1 is 0.594 bits per heavy atom. The van der Waals surface area contributed by atoms with Crippen LogP contribution in [0.2, 0.25) is 10.0 Å². The Hall–Kier alpha value is -6.08. The lowest BCUT2D eigenvalue weighted by Gasteiger charge is -2.24. The molecule has 0 unspecified atom stereocenters. The number of nitrogens with zero attached hydrogens (tertiary/aromatic N) is 9. The van der Waals surface area contributed by atoms with Gasteiger partial charge in [0, 0.05) is 68.4 Å². The molecule has 0 atom stereocenters. The lowest BCUT2D eigenvalue weighted by Crippen LogP contribution is -2.32. The number of esters is 2. The number of ether oxygens (including phenoxy) is 2. The van der Waals surface area contributed by atoms with Crippen molar-refractivity contribution in [3.05, 3.63) is 115 Å². The predicted molar refractivity (Wildman–Crippen MR) is 246 cm³/mol. The number of nitro groups is 2. The van der Waals surface area contributed by atoms with E-state index in [1.54, 1.807) is 24.3 Å². The number of rotatable bonds is 28. The van der Waals surface area contributed by atoms with Crippen molar-refractivity contribution in [1.29, 1.82) is 0 Å². The number of aliphatic hydroxyl groups is 1. The molecule has 20 heteroatoms. The summed E-state index contributed by atoms with van der Waals surface area (Å²) in [6.45, 7) is 8.30. The number of nitro benzene ring substituents is 2. The van der Waals surface area contributed by atoms with E-state index in [2.05, 4.69) is 35.2 Å². The van der Waals surface area contributed by atoms with Crippen LogP contribution < -0.4 is 9.80 Å². The summed E-state index contributed by atoms with van der Waals surface area (Å²) in [5.41, 5.74) is 3.27. The van der Waals surface area contributed by atoms with E-state index >= 15 is 0 Å². The Morgan fingerprint density at radius 2 is 1.02 bits per heavy atom. The highest BCUT2D eigenvalue weighted by atomic mass is 35.5. The fourth-order valence-corrected chi connectivity index (χ4v) is 6.75. The molecule has 4 aromatic carbocycles. The number of non-ortho nitro benzene ring substituents is 2. The van der Waals surface area contributed by atoms with Crippen molar-refractivity contribution in [2.75, 3.05) is 75.4 Å². The van der Waals surface area contributed by atoms with E-state index in [9.17, 15) is 29.8 Å². The van der Waals surface area contributed by atoms with Gasteiger partial charge in [0.05, 0.1) is 57.2 Å². The Balaban J connectivity index is 1.19. The molecule has 1 N–H and O–H groups in total. The molecule has 0 bridgehead atoms. The van der Waals surface area contributed by atoms with Gasteiger partial charge >= 0.3 is 11.9 Å². The second-order valence-electron chi connectivity index (χ2n) is 14.3. The summed E-state index contributed by atoms with van der Waals surface area (Å²) in [5, 5.41) is 47.9. The standard InChI is InChI=1S/C44H53Cl2N9O9/c1-3-52(35-13-9-33(10-14-35)47-49-41-19-17-37(54(59)60)31-39(41)45)26-29-63-43(57)21-24-51(23-7-5-6-8-28-56)25-22-44(58)64-30-27-53(4-2)36-15-11-34(12-16-36)48-50-42-20-18-38(55(61)62)32-40(42)46/h9-20,31-32,56H,3-8,21-30H2,1-2H3. The number of hydrogen-bond donors (Lipinski definition) is 1. The smallest absolute Gasteiger partial charge is 0.307 e. The zero-order valence-electron chi connectivity index (χ0n) is 35.9. The summed E-state index contributed by atoms with van der Waals surface area (Å²) in [6, 6.07) is 22.6. The molecule has 0 aliphatic rings. The second-order valence-corrected chi connectivity index (χ2v) is 15.1. The van der Waals surface area contributed by atoms with Gasteiger partial charge in [0.15, 0.2) is 0 Å². The van der Waals surface area contributed by atoms with Gasteiger partial charge in [-0.2, -0.15) is 10.2 Å². The number of azo groups is 2. The summed E-state index contributed by atoms with van der Waals surface area (Å²) < 4.78 is 11.2. The van der Waals surface area contributed by atoms with Crippen LogP contribution in [-0.2, 0) is 19.1 Å². The van der Waals surface area contributed by atoms with E-state index in [0.717, 1.165) is 37.1 Å².